The number of aliphatic hydroxyl groups is 1. The van der Waals surface area contributed by atoms with Gasteiger partial charge in [0.2, 0.25) is 0 Å². The molecule has 0 aliphatic heterocycles. The Morgan fingerprint density at radius 1 is 1.12 bits per heavy atom. The van der Waals surface area contributed by atoms with Gasteiger partial charge in [0, 0.05) is 24.1 Å². The van der Waals surface area contributed by atoms with Crippen LogP contribution >= 0.6 is 11.3 Å². The number of ether oxygens (including phenoxy) is 1. The van der Waals surface area contributed by atoms with Gasteiger partial charge in [0.05, 0.1) is 18.5 Å². The molecule has 3 rings (SSSR count). The van der Waals surface area contributed by atoms with Crippen LogP contribution in [0, 0.1) is 0 Å². The Morgan fingerprint density at radius 2 is 1.96 bits per heavy atom. The van der Waals surface area contributed by atoms with Gasteiger partial charge in [-0.05, 0) is 30.7 Å². The van der Waals surface area contributed by atoms with Crippen molar-refractivity contribution in [1.82, 2.24) is 4.57 Å². The molecular weight excluding hydrogens is 320 g/mol. The van der Waals surface area contributed by atoms with Gasteiger partial charge in [0.15, 0.2) is 4.80 Å². The minimum Gasteiger partial charge on any atom is -0.497 e. The highest BCUT2D eigenvalue weighted by Gasteiger charge is 2.09. The van der Waals surface area contributed by atoms with Crippen LogP contribution in [0.15, 0.2) is 65.0 Å². The van der Waals surface area contributed by atoms with Crippen molar-refractivity contribution in [1.29, 1.82) is 0 Å². The molecule has 0 bridgehead atoms. The molecule has 24 heavy (non-hydrogen) atoms. The molecule has 0 saturated heterocycles. The van der Waals surface area contributed by atoms with Gasteiger partial charge in [-0.2, -0.15) is 0 Å². The zero-order valence-corrected chi connectivity index (χ0v) is 14.4. The van der Waals surface area contributed by atoms with Crippen molar-refractivity contribution in [2.24, 2.45) is 4.99 Å². The predicted octanol–water partition coefficient (Wildman–Crippen LogP) is 3.84. The molecule has 0 amide bonds. The van der Waals surface area contributed by atoms with E-state index in [9.17, 15) is 5.11 Å². The van der Waals surface area contributed by atoms with Crippen LogP contribution < -0.4 is 9.54 Å². The van der Waals surface area contributed by atoms with Crippen LogP contribution in [0.25, 0.3) is 11.3 Å². The Kier molecular flexibility index (Phi) is 5.46. The lowest BCUT2D eigenvalue weighted by Gasteiger charge is -2.09. The number of para-hydroxylation sites is 1. The number of thiazole rings is 1. The summed E-state index contributed by atoms with van der Waals surface area (Å²) >= 11 is 1.60. The lowest BCUT2D eigenvalue weighted by atomic mass is 10.1. The van der Waals surface area contributed by atoms with E-state index in [-0.39, 0.29) is 6.61 Å². The standard InChI is InChI=1S/C19H20N2O2S/c1-23-17-10-5-7-15(13-17)18-14-24-19(21(18)11-6-12-22)20-16-8-3-2-4-9-16/h2-5,7-10,13-14,22H,6,11-12H2,1H3. The first-order valence-electron chi connectivity index (χ1n) is 7.85. The summed E-state index contributed by atoms with van der Waals surface area (Å²) in [6, 6.07) is 17.9. The van der Waals surface area contributed by atoms with Crippen LogP contribution in [0.3, 0.4) is 0 Å². The first kappa shape index (κ1) is 16.5. The van der Waals surface area contributed by atoms with Gasteiger partial charge in [-0.3, -0.25) is 0 Å². The third-order valence-corrected chi connectivity index (χ3v) is 4.55. The number of hydrogen-bond acceptors (Lipinski definition) is 4. The Bertz CT molecular complexity index is 853. The van der Waals surface area contributed by atoms with E-state index >= 15 is 0 Å². The smallest absolute Gasteiger partial charge is 0.190 e. The summed E-state index contributed by atoms with van der Waals surface area (Å²) < 4.78 is 7.49. The summed E-state index contributed by atoms with van der Waals surface area (Å²) in [4.78, 5) is 5.67. The van der Waals surface area contributed by atoms with Crippen molar-refractivity contribution >= 4 is 17.0 Å². The normalized spacial score (nSPS) is 11.7. The quantitative estimate of drug-likeness (QED) is 0.741. The molecule has 4 nitrogen and oxygen atoms in total. The fraction of sp³-hybridized carbons (Fsp3) is 0.211. The molecule has 0 aliphatic rings. The average Bonchev–Trinajstić information content (AvgIpc) is 3.03. The number of aromatic nitrogens is 1. The molecule has 5 heteroatoms. The van der Waals surface area contributed by atoms with E-state index in [2.05, 4.69) is 16.0 Å². The summed E-state index contributed by atoms with van der Waals surface area (Å²) in [6.07, 6.45) is 0.690. The molecule has 0 unspecified atom stereocenters. The van der Waals surface area contributed by atoms with Gasteiger partial charge in [0.1, 0.15) is 5.75 Å². The zero-order valence-electron chi connectivity index (χ0n) is 13.6. The Hall–Kier alpha value is -2.37. The van der Waals surface area contributed by atoms with Gasteiger partial charge in [0.25, 0.3) is 0 Å². The topological polar surface area (TPSA) is 46.8 Å². The van der Waals surface area contributed by atoms with Crippen molar-refractivity contribution in [3.63, 3.8) is 0 Å². The molecule has 0 radical (unpaired) electrons. The molecule has 0 fully saturated rings. The fourth-order valence-corrected chi connectivity index (χ4v) is 3.45. The second-order valence-electron chi connectivity index (χ2n) is 5.31. The minimum absolute atomic E-state index is 0.158. The lowest BCUT2D eigenvalue weighted by Crippen LogP contribution is -2.16. The molecular formula is C19H20N2O2S. The highest BCUT2D eigenvalue weighted by Crippen LogP contribution is 2.25. The van der Waals surface area contributed by atoms with Crippen LogP contribution in [0.1, 0.15) is 6.42 Å². The van der Waals surface area contributed by atoms with E-state index in [1.165, 1.54) is 0 Å². The number of rotatable bonds is 6. The zero-order chi connectivity index (χ0) is 16.8. The number of nitrogens with zero attached hydrogens (tertiary/aromatic N) is 2. The molecule has 3 aromatic rings. The molecule has 124 valence electrons. The minimum atomic E-state index is 0.158. The maximum Gasteiger partial charge on any atom is 0.190 e. The van der Waals surface area contributed by atoms with Gasteiger partial charge in [-0.25, -0.2) is 4.99 Å². The van der Waals surface area contributed by atoms with Crippen molar-refractivity contribution in [2.75, 3.05) is 13.7 Å². The van der Waals surface area contributed by atoms with E-state index < -0.39 is 0 Å². The Balaban J connectivity index is 2.08. The largest absolute Gasteiger partial charge is 0.497 e. The van der Waals surface area contributed by atoms with Crippen molar-refractivity contribution in [3.05, 3.63) is 64.8 Å². The van der Waals surface area contributed by atoms with Crippen molar-refractivity contribution in [3.8, 4) is 17.0 Å². The average molecular weight is 340 g/mol. The number of methoxy groups -OCH3 is 1. The van der Waals surface area contributed by atoms with Crippen molar-refractivity contribution < 1.29 is 9.84 Å². The Morgan fingerprint density at radius 3 is 2.71 bits per heavy atom. The van der Waals surface area contributed by atoms with E-state index in [4.69, 9.17) is 9.73 Å². The third-order valence-electron chi connectivity index (χ3n) is 3.68. The molecule has 0 atom stereocenters. The second kappa shape index (κ2) is 7.95. The van der Waals surface area contributed by atoms with Gasteiger partial charge in [-0.1, -0.05) is 30.3 Å². The first-order valence-corrected chi connectivity index (χ1v) is 8.73. The van der Waals surface area contributed by atoms with E-state index in [0.717, 1.165) is 34.0 Å². The summed E-state index contributed by atoms with van der Waals surface area (Å²) in [5.41, 5.74) is 3.09. The maximum atomic E-state index is 9.23. The van der Waals surface area contributed by atoms with Gasteiger partial charge in [-0.15, -0.1) is 11.3 Å². The second-order valence-corrected chi connectivity index (χ2v) is 6.15. The summed E-state index contributed by atoms with van der Waals surface area (Å²) in [5.74, 6) is 0.828. The summed E-state index contributed by atoms with van der Waals surface area (Å²) in [5, 5.41) is 11.3. The first-order chi connectivity index (χ1) is 11.8. The van der Waals surface area contributed by atoms with E-state index in [0.29, 0.717) is 6.42 Å². The third kappa shape index (κ3) is 3.75. The van der Waals surface area contributed by atoms with Crippen molar-refractivity contribution in [2.45, 2.75) is 13.0 Å². The fourth-order valence-electron chi connectivity index (χ4n) is 2.49. The molecule has 0 saturated carbocycles. The molecule has 2 aromatic carbocycles. The SMILES string of the molecule is COc1cccc(-c2csc(=Nc3ccccc3)n2CCCO)c1. The maximum absolute atomic E-state index is 9.23. The summed E-state index contributed by atoms with van der Waals surface area (Å²) in [7, 11) is 1.67. The van der Waals surface area contributed by atoms with E-state index in [1.54, 1.807) is 18.4 Å². The van der Waals surface area contributed by atoms with Crippen LogP contribution in [-0.2, 0) is 6.54 Å². The highest BCUT2D eigenvalue weighted by molar-refractivity contribution is 7.07. The summed E-state index contributed by atoms with van der Waals surface area (Å²) in [6.45, 7) is 0.878. The van der Waals surface area contributed by atoms with Gasteiger partial charge < -0.3 is 14.4 Å². The number of aliphatic hydroxyl groups excluding tert-OH is 1. The number of benzene rings is 2. The van der Waals surface area contributed by atoms with Crippen LogP contribution in [0.4, 0.5) is 5.69 Å². The Labute approximate surface area is 145 Å². The molecule has 1 aromatic heterocycles. The van der Waals surface area contributed by atoms with Gasteiger partial charge >= 0.3 is 0 Å². The molecule has 1 heterocycles. The molecule has 1 N–H and O–H groups in total. The highest BCUT2D eigenvalue weighted by atomic mass is 32.1. The van der Waals surface area contributed by atoms with Crippen LogP contribution in [-0.4, -0.2) is 23.4 Å². The van der Waals surface area contributed by atoms with Crippen LogP contribution in [0.2, 0.25) is 0 Å². The lowest BCUT2D eigenvalue weighted by molar-refractivity contribution is 0.279. The van der Waals surface area contributed by atoms with E-state index in [1.807, 2.05) is 48.5 Å². The monoisotopic (exact) mass is 340 g/mol. The molecule has 0 spiro atoms. The molecule has 0 aliphatic carbocycles. The number of hydrogen-bond donors (Lipinski definition) is 1. The predicted molar refractivity (Wildman–Crippen MR) is 97.7 cm³/mol. The van der Waals surface area contributed by atoms with Crippen LogP contribution in [0.5, 0.6) is 5.75 Å².